The molecule has 1 saturated heterocycles. The van der Waals surface area contributed by atoms with Crippen molar-refractivity contribution >= 4 is 5.69 Å². The van der Waals surface area contributed by atoms with Crippen LogP contribution in [0.25, 0.3) is 0 Å². The minimum Gasteiger partial charge on any atom is -0.399 e. The van der Waals surface area contributed by atoms with Crippen LogP contribution in [0.5, 0.6) is 0 Å². The van der Waals surface area contributed by atoms with Gasteiger partial charge in [-0.15, -0.1) is 0 Å². The van der Waals surface area contributed by atoms with E-state index >= 15 is 0 Å². The molecule has 1 fully saturated rings. The van der Waals surface area contributed by atoms with E-state index in [0.29, 0.717) is 5.92 Å². The van der Waals surface area contributed by atoms with E-state index in [2.05, 4.69) is 11.9 Å². The van der Waals surface area contributed by atoms with E-state index in [9.17, 15) is 5.11 Å². The zero-order chi connectivity index (χ0) is 11.5. The zero-order valence-corrected chi connectivity index (χ0v) is 9.76. The number of hydrogen-bond acceptors (Lipinski definition) is 3. The molecule has 0 radical (unpaired) electrons. The van der Waals surface area contributed by atoms with Crippen LogP contribution < -0.4 is 5.73 Å². The first kappa shape index (κ1) is 11.4. The summed E-state index contributed by atoms with van der Waals surface area (Å²) in [4.78, 5) is 2.31. The first-order chi connectivity index (χ1) is 7.66. The molecule has 0 amide bonds. The minimum absolute atomic E-state index is 0.339. The van der Waals surface area contributed by atoms with Crippen LogP contribution in [0.1, 0.15) is 24.5 Å². The molecule has 1 aliphatic rings. The van der Waals surface area contributed by atoms with E-state index < -0.39 is 0 Å². The molecule has 1 heterocycles. The molecule has 3 nitrogen and oxygen atoms in total. The van der Waals surface area contributed by atoms with Crippen molar-refractivity contribution in [2.75, 3.05) is 25.9 Å². The van der Waals surface area contributed by atoms with Gasteiger partial charge < -0.3 is 15.7 Å². The Hall–Kier alpha value is -1.06. The highest BCUT2D eigenvalue weighted by atomic mass is 16.3. The average Bonchev–Trinajstić information content (AvgIpc) is 2.30. The van der Waals surface area contributed by atoms with Crippen molar-refractivity contribution in [2.45, 2.75) is 18.9 Å². The first-order valence-electron chi connectivity index (χ1n) is 5.89. The lowest BCUT2D eigenvalue weighted by atomic mass is 9.87. The maximum absolute atomic E-state index is 10.3. The van der Waals surface area contributed by atoms with Crippen LogP contribution in [-0.2, 0) is 0 Å². The summed E-state index contributed by atoms with van der Waals surface area (Å²) in [5, 5.41) is 10.3. The van der Waals surface area contributed by atoms with Gasteiger partial charge in [-0.3, -0.25) is 0 Å². The molecular formula is C13H20N2O. The van der Waals surface area contributed by atoms with Crippen molar-refractivity contribution < 1.29 is 5.11 Å². The van der Waals surface area contributed by atoms with Crippen LogP contribution in [0.15, 0.2) is 24.3 Å². The molecule has 3 N–H and O–H groups in total. The van der Waals surface area contributed by atoms with Gasteiger partial charge in [-0.05, 0) is 56.6 Å². The third-order valence-electron chi connectivity index (χ3n) is 3.49. The maximum atomic E-state index is 10.3. The first-order valence-corrected chi connectivity index (χ1v) is 5.89. The number of nitrogens with zero attached hydrogens (tertiary/aromatic N) is 1. The van der Waals surface area contributed by atoms with Gasteiger partial charge in [-0.2, -0.15) is 0 Å². The average molecular weight is 220 g/mol. The molecule has 3 heteroatoms. The third kappa shape index (κ3) is 2.54. The predicted molar refractivity (Wildman–Crippen MR) is 66.0 cm³/mol. The van der Waals surface area contributed by atoms with Crippen LogP contribution in [0.4, 0.5) is 5.69 Å². The van der Waals surface area contributed by atoms with Crippen molar-refractivity contribution in [3.05, 3.63) is 29.8 Å². The minimum atomic E-state index is -0.339. The summed E-state index contributed by atoms with van der Waals surface area (Å²) in [6, 6.07) is 7.57. The second-order valence-corrected chi connectivity index (χ2v) is 4.75. The highest BCUT2D eigenvalue weighted by Gasteiger charge is 2.24. The number of nitrogens with two attached hydrogens (primary N) is 1. The standard InChI is InChI=1S/C13H20N2O/c1-15-8-6-11(7-9-15)13(16)10-2-4-12(14)5-3-10/h2-5,11,13,16H,6-9,14H2,1H3. The molecule has 2 rings (SSSR count). The van der Waals surface area contributed by atoms with E-state index in [1.54, 1.807) is 0 Å². The number of hydrogen-bond donors (Lipinski definition) is 2. The van der Waals surface area contributed by atoms with E-state index in [-0.39, 0.29) is 6.10 Å². The molecule has 0 spiro atoms. The molecule has 88 valence electrons. The van der Waals surface area contributed by atoms with Gasteiger partial charge in [0.25, 0.3) is 0 Å². The second-order valence-electron chi connectivity index (χ2n) is 4.75. The van der Waals surface area contributed by atoms with Crippen LogP contribution in [0.2, 0.25) is 0 Å². The number of anilines is 1. The molecule has 0 bridgehead atoms. The molecule has 1 unspecified atom stereocenters. The third-order valence-corrected chi connectivity index (χ3v) is 3.49. The summed E-state index contributed by atoms with van der Waals surface area (Å²) < 4.78 is 0. The van der Waals surface area contributed by atoms with E-state index in [1.165, 1.54) is 0 Å². The number of aliphatic hydroxyl groups is 1. The van der Waals surface area contributed by atoms with Crippen LogP contribution >= 0.6 is 0 Å². The van der Waals surface area contributed by atoms with Crippen molar-refractivity contribution in [2.24, 2.45) is 5.92 Å². The fourth-order valence-electron chi connectivity index (χ4n) is 2.31. The Balaban J connectivity index is 2.01. The van der Waals surface area contributed by atoms with Gasteiger partial charge in [0.05, 0.1) is 6.10 Å². The van der Waals surface area contributed by atoms with Crippen molar-refractivity contribution in [3.8, 4) is 0 Å². The van der Waals surface area contributed by atoms with Gasteiger partial charge >= 0.3 is 0 Å². The van der Waals surface area contributed by atoms with Gasteiger partial charge in [0.15, 0.2) is 0 Å². The lowest BCUT2D eigenvalue weighted by molar-refractivity contribution is 0.0658. The normalized spacial score (nSPS) is 20.9. The Labute approximate surface area is 96.9 Å². The van der Waals surface area contributed by atoms with Crippen molar-refractivity contribution in [3.63, 3.8) is 0 Å². The number of benzene rings is 1. The molecule has 1 aromatic rings. The Morgan fingerprint density at radius 2 is 1.81 bits per heavy atom. The summed E-state index contributed by atoms with van der Waals surface area (Å²) >= 11 is 0. The summed E-state index contributed by atoms with van der Waals surface area (Å²) in [6.07, 6.45) is 1.80. The maximum Gasteiger partial charge on any atom is 0.0819 e. The molecule has 16 heavy (non-hydrogen) atoms. The Bertz CT molecular complexity index is 328. The summed E-state index contributed by atoms with van der Waals surface area (Å²) in [7, 11) is 2.13. The summed E-state index contributed by atoms with van der Waals surface area (Å²) in [5.41, 5.74) is 7.37. The van der Waals surface area contributed by atoms with Crippen LogP contribution in [0, 0.1) is 5.92 Å². The molecule has 1 aliphatic heterocycles. The monoisotopic (exact) mass is 220 g/mol. The van der Waals surface area contributed by atoms with Crippen LogP contribution in [0.3, 0.4) is 0 Å². The second kappa shape index (κ2) is 4.85. The topological polar surface area (TPSA) is 49.5 Å². The molecule has 0 aromatic heterocycles. The quantitative estimate of drug-likeness (QED) is 0.745. The number of rotatable bonds is 2. The lowest BCUT2D eigenvalue weighted by Gasteiger charge is -2.32. The van der Waals surface area contributed by atoms with Gasteiger partial charge in [-0.1, -0.05) is 12.1 Å². The Morgan fingerprint density at radius 1 is 1.25 bits per heavy atom. The largest absolute Gasteiger partial charge is 0.399 e. The summed E-state index contributed by atoms with van der Waals surface area (Å²) in [5.74, 6) is 0.389. The van der Waals surface area contributed by atoms with Gasteiger partial charge in [0.1, 0.15) is 0 Å². The highest BCUT2D eigenvalue weighted by molar-refractivity contribution is 5.39. The zero-order valence-electron chi connectivity index (χ0n) is 9.76. The molecule has 1 atom stereocenters. The van der Waals surface area contributed by atoms with Crippen LogP contribution in [-0.4, -0.2) is 30.1 Å². The van der Waals surface area contributed by atoms with E-state index in [4.69, 9.17) is 5.73 Å². The lowest BCUT2D eigenvalue weighted by Crippen LogP contribution is -2.32. The number of aliphatic hydroxyl groups excluding tert-OH is 1. The number of nitrogen functional groups attached to an aromatic ring is 1. The van der Waals surface area contributed by atoms with Gasteiger partial charge in [0, 0.05) is 5.69 Å². The number of likely N-dealkylation sites (tertiary alicyclic amines) is 1. The predicted octanol–water partition coefficient (Wildman–Crippen LogP) is 1.64. The molecule has 1 aromatic carbocycles. The summed E-state index contributed by atoms with van der Waals surface area (Å²) in [6.45, 7) is 2.16. The van der Waals surface area contributed by atoms with E-state index in [1.807, 2.05) is 24.3 Å². The number of piperidine rings is 1. The molecular weight excluding hydrogens is 200 g/mol. The Morgan fingerprint density at radius 3 is 2.38 bits per heavy atom. The smallest absolute Gasteiger partial charge is 0.0819 e. The fourth-order valence-corrected chi connectivity index (χ4v) is 2.31. The SMILES string of the molecule is CN1CCC(C(O)c2ccc(N)cc2)CC1. The molecule has 0 saturated carbocycles. The van der Waals surface area contributed by atoms with Crippen molar-refractivity contribution in [1.29, 1.82) is 0 Å². The van der Waals surface area contributed by atoms with E-state index in [0.717, 1.165) is 37.2 Å². The fraction of sp³-hybridized carbons (Fsp3) is 0.538. The molecule has 0 aliphatic carbocycles. The van der Waals surface area contributed by atoms with Gasteiger partial charge in [0.2, 0.25) is 0 Å². The van der Waals surface area contributed by atoms with Gasteiger partial charge in [-0.25, -0.2) is 0 Å². The highest BCUT2D eigenvalue weighted by Crippen LogP contribution is 2.30. The Kier molecular flexibility index (Phi) is 3.46. The van der Waals surface area contributed by atoms with Crippen molar-refractivity contribution in [1.82, 2.24) is 4.90 Å².